The first-order chi connectivity index (χ1) is 9.91. The van der Waals surface area contributed by atoms with Gasteiger partial charge in [0.2, 0.25) is 0 Å². The van der Waals surface area contributed by atoms with Crippen molar-refractivity contribution in [1.82, 2.24) is 13.9 Å². The molecular formula is C14H25N3O3S. The number of hydrogen-bond donors (Lipinski definition) is 1. The summed E-state index contributed by atoms with van der Waals surface area (Å²) in [7, 11) is 3.23. The highest BCUT2D eigenvalue weighted by molar-refractivity contribution is 7.86. The van der Waals surface area contributed by atoms with E-state index in [2.05, 4.69) is 5.32 Å². The molecule has 21 heavy (non-hydrogen) atoms. The van der Waals surface area contributed by atoms with Crippen LogP contribution in [0.4, 0.5) is 0 Å². The lowest BCUT2D eigenvalue weighted by molar-refractivity contribution is 0.384. The van der Waals surface area contributed by atoms with Crippen LogP contribution >= 0.6 is 0 Å². The molecule has 0 amide bonds. The molecule has 0 aliphatic carbocycles. The molecule has 7 heteroatoms. The maximum Gasteiger partial charge on any atom is 0.281 e. The van der Waals surface area contributed by atoms with Gasteiger partial charge in [-0.05, 0) is 37.7 Å². The summed E-state index contributed by atoms with van der Waals surface area (Å²) in [5.41, 5.74) is 0.922. The molecule has 0 aliphatic heterocycles. The van der Waals surface area contributed by atoms with Gasteiger partial charge in [0.25, 0.3) is 10.2 Å². The second-order valence-electron chi connectivity index (χ2n) is 4.89. The van der Waals surface area contributed by atoms with Gasteiger partial charge in [-0.2, -0.15) is 17.0 Å². The van der Waals surface area contributed by atoms with Crippen LogP contribution in [0.3, 0.4) is 0 Å². The Kier molecular flexibility index (Phi) is 7.10. The Bertz CT molecular complexity index is 517. The Morgan fingerprint density at radius 3 is 2.29 bits per heavy atom. The zero-order chi connectivity index (χ0) is 15.9. The van der Waals surface area contributed by atoms with E-state index in [4.69, 9.17) is 4.74 Å². The van der Waals surface area contributed by atoms with Crippen LogP contribution < -0.4 is 10.1 Å². The minimum Gasteiger partial charge on any atom is -0.497 e. The van der Waals surface area contributed by atoms with Gasteiger partial charge in [-0.1, -0.05) is 12.1 Å². The van der Waals surface area contributed by atoms with Gasteiger partial charge < -0.3 is 10.1 Å². The van der Waals surface area contributed by atoms with E-state index in [0.29, 0.717) is 13.1 Å². The molecule has 0 heterocycles. The van der Waals surface area contributed by atoms with Crippen molar-refractivity contribution in [2.45, 2.75) is 13.0 Å². The summed E-state index contributed by atoms with van der Waals surface area (Å²) in [5, 5.41) is 3.01. The summed E-state index contributed by atoms with van der Waals surface area (Å²) in [6.07, 6.45) is 0.780. The van der Waals surface area contributed by atoms with Crippen molar-refractivity contribution < 1.29 is 13.2 Å². The lowest BCUT2D eigenvalue weighted by Crippen LogP contribution is -2.40. The molecule has 0 fully saturated rings. The lowest BCUT2D eigenvalue weighted by Gasteiger charge is -2.24. The summed E-state index contributed by atoms with van der Waals surface area (Å²) in [4.78, 5) is 0. The molecule has 0 radical (unpaired) electrons. The first kappa shape index (κ1) is 17.9. The zero-order valence-corrected chi connectivity index (χ0v) is 14.0. The third kappa shape index (κ3) is 5.28. The number of hydrogen-bond acceptors (Lipinski definition) is 4. The van der Waals surface area contributed by atoms with E-state index in [1.165, 1.54) is 8.61 Å². The number of ether oxygens (including phenoxy) is 1. The van der Waals surface area contributed by atoms with Crippen molar-refractivity contribution in [2.75, 3.05) is 41.3 Å². The Morgan fingerprint density at radius 1 is 1.14 bits per heavy atom. The Labute approximate surface area is 127 Å². The van der Waals surface area contributed by atoms with E-state index in [1.54, 1.807) is 21.2 Å². The smallest absolute Gasteiger partial charge is 0.281 e. The monoisotopic (exact) mass is 315 g/mol. The van der Waals surface area contributed by atoms with E-state index in [0.717, 1.165) is 24.3 Å². The highest BCUT2D eigenvalue weighted by Gasteiger charge is 2.23. The second kappa shape index (κ2) is 8.33. The summed E-state index contributed by atoms with van der Waals surface area (Å²) in [5.74, 6) is 0.758. The first-order valence-corrected chi connectivity index (χ1v) is 8.26. The molecule has 0 saturated heterocycles. The van der Waals surface area contributed by atoms with Crippen LogP contribution in [0.15, 0.2) is 24.3 Å². The summed E-state index contributed by atoms with van der Waals surface area (Å²) < 4.78 is 32.5. The van der Waals surface area contributed by atoms with Crippen molar-refractivity contribution in [3.63, 3.8) is 0 Å². The number of benzene rings is 1. The average molecular weight is 315 g/mol. The van der Waals surface area contributed by atoms with Gasteiger partial charge in [0, 0.05) is 27.2 Å². The average Bonchev–Trinajstić information content (AvgIpc) is 2.48. The van der Waals surface area contributed by atoms with E-state index in [1.807, 2.05) is 31.3 Å². The molecule has 120 valence electrons. The van der Waals surface area contributed by atoms with Crippen LogP contribution in [0.5, 0.6) is 5.75 Å². The zero-order valence-electron chi connectivity index (χ0n) is 13.2. The molecular weight excluding hydrogens is 290 g/mol. The van der Waals surface area contributed by atoms with Gasteiger partial charge in [-0.3, -0.25) is 0 Å². The molecule has 0 aromatic heterocycles. The third-order valence-electron chi connectivity index (χ3n) is 3.25. The SMILES string of the molecule is CNCCCN(C)S(=O)(=O)N(C)Cc1ccc(OC)cc1. The highest BCUT2D eigenvalue weighted by Crippen LogP contribution is 2.15. The summed E-state index contributed by atoms with van der Waals surface area (Å²) >= 11 is 0. The van der Waals surface area contributed by atoms with Gasteiger partial charge >= 0.3 is 0 Å². The van der Waals surface area contributed by atoms with Crippen molar-refractivity contribution in [3.05, 3.63) is 29.8 Å². The fourth-order valence-corrected chi connectivity index (χ4v) is 3.05. The quantitative estimate of drug-likeness (QED) is 0.688. The fourth-order valence-electron chi connectivity index (χ4n) is 1.90. The van der Waals surface area contributed by atoms with Crippen LogP contribution in [-0.2, 0) is 16.8 Å². The Morgan fingerprint density at radius 2 is 1.76 bits per heavy atom. The van der Waals surface area contributed by atoms with Crippen LogP contribution in [-0.4, -0.2) is 58.4 Å². The second-order valence-corrected chi connectivity index (χ2v) is 7.03. The van der Waals surface area contributed by atoms with E-state index in [-0.39, 0.29) is 0 Å². The molecule has 0 aliphatic rings. The number of nitrogens with zero attached hydrogens (tertiary/aromatic N) is 2. The lowest BCUT2D eigenvalue weighted by atomic mass is 10.2. The summed E-state index contributed by atoms with van der Waals surface area (Å²) in [6, 6.07) is 7.39. The summed E-state index contributed by atoms with van der Waals surface area (Å²) in [6.45, 7) is 1.63. The minimum atomic E-state index is -3.43. The minimum absolute atomic E-state index is 0.336. The van der Waals surface area contributed by atoms with E-state index >= 15 is 0 Å². The standard InChI is InChI=1S/C14H25N3O3S/c1-15-10-5-11-16(2)21(18,19)17(3)12-13-6-8-14(20-4)9-7-13/h6-9,15H,5,10-12H2,1-4H3. The van der Waals surface area contributed by atoms with Crippen molar-refractivity contribution in [2.24, 2.45) is 0 Å². The Balaban J connectivity index is 2.64. The fraction of sp³-hybridized carbons (Fsp3) is 0.571. The van der Waals surface area contributed by atoms with Gasteiger partial charge in [-0.15, -0.1) is 0 Å². The van der Waals surface area contributed by atoms with Gasteiger partial charge in [0.15, 0.2) is 0 Å². The van der Waals surface area contributed by atoms with Crippen LogP contribution in [0.2, 0.25) is 0 Å². The number of rotatable bonds is 9. The Hall–Kier alpha value is -1.15. The normalized spacial score (nSPS) is 12.1. The molecule has 1 aromatic rings. The van der Waals surface area contributed by atoms with Crippen molar-refractivity contribution in [1.29, 1.82) is 0 Å². The molecule has 0 unspecified atom stereocenters. The van der Waals surface area contributed by atoms with Crippen molar-refractivity contribution >= 4 is 10.2 Å². The van der Waals surface area contributed by atoms with Crippen LogP contribution in [0.25, 0.3) is 0 Å². The molecule has 1 aromatic carbocycles. The largest absolute Gasteiger partial charge is 0.497 e. The topological polar surface area (TPSA) is 61.9 Å². The third-order valence-corrected chi connectivity index (χ3v) is 5.14. The molecule has 0 spiro atoms. The number of nitrogens with one attached hydrogen (secondary N) is 1. The predicted octanol–water partition coefficient (Wildman–Crippen LogP) is 0.913. The highest BCUT2D eigenvalue weighted by atomic mass is 32.2. The van der Waals surface area contributed by atoms with Gasteiger partial charge in [0.05, 0.1) is 7.11 Å². The maximum absolute atomic E-state index is 12.4. The van der Waals surface area contributed by atoms with Gasteiger partial charge in [-0.25, -0.2) is 0 Å². The van der Waals surface area contributed by atoms with E-state index in [9.17, 15) is 8.42 Å². The first-order valence-electron chi connectivity index (χ1n) is 6.87. The maximum atomic E-state index is 12.4. The van der Waals surface area contributed by atoms with Crippen LogP contribution in [0.1, 0.15) is 12.0 Å². The molecule has 1 rings (SSSR count). The molecule has 0 saturated carbocycles. The van der Waals surface area contributed by atoms with E-state index < -0.39 is 10.2 Å². The molecule has 6 nitrogen and oxygen atoms in total. The molecule has 0 bridgehead atoms. The number of methoxy groups -OCH3 is 1. The molecule has 0 atom stereocenters. The van der Waals surface area contributed by atoms with Crippen LogP contribution in [0, 0.1) is 0 Å². The molecule has 1 N–H and O–H groups in total. The van der Waals surface area contributed by atoms with Gasteiger partial charge in [0.1, 0.15) is 5.75 Å². The van der Waals surface area contributed by atoms with Crippen molar-refractivity contribution in [3.8, 4) is 5.75 Å². The predicted molar refractivity (Wildman–Crippen MR) is 84.6 cm³/mol.